The lowest BCUT2D eigenvalue weighted by Gasteiger charge is -2.29. The van der Waals surface area contributed by atoms with Crippen LogP contribution in [0.4, 0.5) is 0 Å². The van der Waals surface area contributed by atoms with Crippen molar-refractivity contribution in [1.29, 1.82) is 0 Å². The van der Waals surface area contributed by atoms with E-state index in [2.05, 4.69) is 4.98 Å². The number of amides is 1. The number of likely N-dealkylation sites (N-methyl/N-ethyl adjacent to an activating group) is 1. The molecule has 1 aliphatic heterocycles. The van der Waals surface area contributed by atoms with Crippen molar-refractivity contribution >= 4 is 27.5 Å². The molecule has 5 nitrogen and oxygen atoms in total. The normalized spacial score (nSPS) is 16.1. The lowest BCUT2D eigenvalue weighted by molar-refractivity contribution is 0.0521. The molecule has 122 valence electrons. The minimum Gasteiger partial charge on any atom is -0.486 e. The van der Waals surface area contributed by atoms with Gasteiger partial charge in [-0.25, -0.2) is 4.98 Å². The highest BCUT2D eigenvalue weighted by atomic mass is 32.1. The van der Waals surface area contributed by atoms with E-state index in [-0.39, 0.29) is 12.0 Å². The van der Waals surface area contributed by atoms with Crippen LogP contribution < -0.4 is 9.47 Å². The fourth-order valence-electron chi connectivity index (χ4n) is 2.75. The third-order valence-corrected chi connectivity index (χ3v) is 4.76. The van der Waals surface area contributed by atoms with E-state index in [1.807, 2.05) is 42.5 Å². The van der Waals surface area contributed by atoms with E-state index < -0.39 is 0 Å². The van der Waals surface area contributed by atoms with Crippen molar-refractivity contribution in [2.24, 2.45) is 0 Å². The minimum absolute atomic E-state index is 0.0345. The second-order valence-electron chi connectivity index (χ2n) is 5.72. The van der Waals surface area contributed by atoms with Gasteiger partial charge in [0, 0.05) is 12.6 Å². The fraction of sp³-hybridized carbons (Fsp3) is 0.222. The van der Waals surface area contributed by atoms with Crippen LogP contribution in [0.2, 0.25) is 0 Å². The van der Waals surface area contributed by atoms with Crippen LogP contribution in [-0.4, -0.2) is 42.1 Å². The second kappa shape index (κ2) is 6.13. The largest absolute Gasteiger partial charge is 0.486 e. The Bertz CT molecular complexity index is 893. The van der Waals surface area contributed by atoms with Gasteiger partial charge in [0.05, 0.1) is 22.3 Å². The predicted octanol–water partition coefficient (Wildman–Crippen LogP) is 3.21. The molecule has 2 heterocycles. The third kappa shape index (κ3) is 2.80. The van der Waals surface area contributed by atoms with E-state index >= 15 is 0 Å². The first-order chi connectivity index (χ1) is 11.7. The molecule has 24 heavy (non-hydrogen) atoms. The second-order valence-corrected chi connectivity index (χ2v) is 6.60. The molecule has 1 amide bonds. The number of ether oxygens (including phenoxy) is 2. The molecule has 0 fully saturated rings. The first kappa shape index (κ1) is 15.0. The van der Waals surface area contributed by atoms with Crippen LogP contribution in [0, 0.1) is 0 Å². The van der Waals surface area contributed by atoms with Crippen LogP contribution in [0.15, 0.2) is 48.0 Å². The van der Waals surface area contributed by atoms with Gasteiger partial charge in [-0.2, -0.15) is 0 Å². The van der Waals surface area contributed by atoms with Gasteiger partial charge < -0.3 is 14.4 Å². The van der Waals surface area contributed by atoms with E-state index in [0.717, 1.165) is 21.7 Å². The van der Waals surface area contributed by atoms with E-state index in [1.165, 1.54) is 11.3 Å². The highest BCUT2D eigenvalue weighted by Crippen LogP contribution is 2.31. The molecular weight excluding hydrogens is 324 g/mol. The molecule has 3 aromatic rings. The summed E-state index contributed by atoms with van der Waals surface area (Å²) in [4.78, 5) is 18.6. The van der Waals surface area contributed by atoms with Crippen molar-refractivity contribution in [3.05, 3.63) is 53.5 Å². The minimum atomic E-state index is -0.180. The Kier molecular flexibility index (Phi) is 3.82. The van der Waals surface area contributed by atoms with E-state index in [1.54, 1.807) is 17.5 Å². The van der Waals surface area contributed by atoms with Gasteiger partial charge in [0.25, 0.3) is 5.91 Å². The Hall–Kier alpha value is -2.60. The Balaban J connectivity index is 1.46. The highest BCUT2D eigenvalue weighted by molar-refractivity contribution is 7.16. The van der Waals surface area contributed by atoms with Crippen LogP contribution in [-0.2, 0) is 0 Å². The molecule has 6 heteroatoms. The number of benzene rings is 2. The molecule has 0 radical (unpaired) electrons. The number of thiazole rings is 1. The number of hydrogen-bond acceptors (Lipinski definition) is 5. The van der Waals surface area contributed by atoms with Crippen molar-refractivity contribution < 1.29 is 14.3 Å². The Morgan fingerprint density at radius 3 is 3.00 bits per heavy atom. The average molecular weight is 340 g/mol. The summed E-state index contributed by atoms with van der Waals surface area (Å²) < 4.78 is 12.6. The smallest absolute Gasteiger partial charge is 0.253 e. The Morgan fingerprint density at radius 1 is 1.29 bits per heavy atom. The summed E-state index contributed by atoms with van der Waals surface area (Å²) in [6.07, 6.45) is -0.180. The first-order valence-corrected chi connectivity index (χ1v) is 8.56. The van der Waals surface area contributed by atoms with Crippen molar-refractivity contribution in [3.8, 4) is 11.5 Å². The van der Waals surface area contributed by atoms with Crippen molar-refractivity contribution in [1.82, 2.24) is 9.88 Å². The maximum absolute atomic E-state index is 12.6. The standard InChI is InChI=1S/C18H16N2O3S/c1-20(9-13-10-22-15-4-2-3-5-16(15)23-13)18(21)12-6-7-14-17(8-12)24-11-19-14/h2-8,11,13H,9-10H2,1H3. The van der Waals surface area contributed by atoms with Crippen molar-refractivity contribution in [2.75, 3.05) is 20.2 Å². The monoisotopic (exact) mass is 340 g/mol. The quantitative estimate of drug-likeness (QED) is 0.735. The molecule has 0 saturated heterocycles. The number of fused-ring (bicyclic) bond motifs is 2. The molecule has 1 unspecified atom stereocenters. The fourth-order valence-corrected chi connectivity index (χ4v) is 3.47. The van der Waals surface area contributed by atoms with Crippen LogP contribution in [0.5, 0.6) is 11.5 Å². The first-order valence-electron chi connectivity index (χ1n) is 7.68. The molecule has 4 rings (SSSR count). The lowest BCUT2D eigenvalue weighted by Crippen LogP contribution is -2.41. The van der Waals surface area contributed by atoms with Crippen LogP contribution >= 0.6 is 11.3 Å². The summed E-state index contributed by atoms with van der Waals surface area (Å²) in [6, 6.07) is 13.2. The van der Waals surface area contributed by atoms with Gasteiger partial charge in [-0.15, -0.1) is 11.3 Å². The molecule has 0 spiro atoms. The predicted molar refractivity (Wildman–Crippen MR) is 92.9 cm³/mol. The van der Waals surface area contributed by atoms with Gasteiger partial charge in [-0.05, 0) is 30.3 Å². The zero-order valence-electron chi connectivity index (χ0n) is 13.1. The number of carbonyl (C=O) groups excluding carboxylic acids is 1. The van der Waals surface area contributed by atoms with Crippen LogP contribution in [0.25, 0.3) is 10.2 Å². The van der Waals surface area contributed by atoms with E-state index in [0.29, 0.717) is 18.7 Å². The summed E-state index contributed by atoms with van der Waals surface area (Å²) in [7, 11) is 1.78. The summed E-state index contributed by atoms with van der Waals surface area (Å²) in [5.74, 6) is 1.44. The summed E-state index contributed by atoms with van der Waals surface area (Å²) in [5.41, 5.74) is 3.36. The number of nitrogens with zero attached hydrogens (tertiary/aromatic N) is 2. The molecule has 0 bridgehead atoms. The summed E-state index contributed by atoms with van der Waals surface area (Å²) in [5, 5.41) is 0. The van der Waals surface area contributed by atoms with Crippen molar-refractivity contribution in [2.45, 2.75) is 6.10 Å². The third-order valence-electron chi connectivity index (χ3n) is 3.97. The summed E-state index contributed by atoms with van der Waals surface area (Å²) in [6.45, 7) is 0.899. The zero-order valence-corrected chi connectivity index (χ0v) is 14.0. The van der Waals surface area contributed by atoms with Gasteiger partial charge in [0.1, 0.15) is 6.61 Å². The highest BCUT2D eigenvalue weighted by Gasteiger charge is 2.24. The number of aromatic nitrogens is 1. The molecular formula is C18H16N2O3S. The van der Waals surface area contributed by atoms with Gasteiger partial charge in [0.15, 0.2) is 17.6 Å². The molecule has 0 saturated carbocycles. The van der Waals surface area contributed by atoms with Gasteiger partial charge in [-0.1, -0.05) is 12.1 Å². The topological polar surface area (TPSA) is 51.7 Å². The molecule has 0 aliphatic carbocycles. The molecule has 1 atom stereocenters. The van der Waals surface area contributed by atoms with Crippen LogP contribution in [0.3, 0.4) is 0 Å². The molecule has 0 N–H and O–H groups in total. The maximum atomic E-state index is 12.6. The Labute approximate surface area is 143 Å². The van der Waals surface area contributed by atoms with Crippen molar-refractivity contribution in [3.63, 3.8) is 0 Å². The SMILES string of the molecule is CN(CC1COc2ccccc2O1)C(=O)c1ccc2ncsc2c1. The number of hydrogen-bond donors (Lipinski definition) is 0. The number of rotatable bonds is 3. The van der Waals surface area contributed by atoms with Gasteiger partial charge in [0.2, 0.25) is 0 Å². The zero-order chi connectivity index (χ0) is 16.5. The van der Waals surface area contributed by atoms with Gasteiger partial charge in [-0.3, -0.25) is 4.79 Å². The van der Waals surface area contributed by atoms with Crippen LogP contribution in [0.1, 0.15) is 10.4 Å². The maximum Gasteiger partial charge on any atom is 0.253 e. The number of carbonyl (C=O) groups is 1. The Morgan fingerprint density at radius 2 is 2.12 bits per heavy atom. The van der Waals surface area contributed by atoms with Gasteiger partial charge >= 0.3 is 0 Å². The van der Waals surface area contributed by atoms with E-state index in [4.69, 9.17) is 9.47 Å². The number of para-hydroxylation sites is 2. The molecule has 1 aliphatic rings. The van der Waals surface area contributed by atoms with E-state index in [9.17, 15) is 4.79 Å². The average Bonchev–Trinajstić information content (AvgIpc) is 3.08. The lowest BCUT2D eigenvalue weighted by atomic mass is 10.2. The molecule has 2 aromatic carbocycles. The summed E-state index contributed by atoms with van der Waals surface area (Å²) >= 11 is 1.53. The molecule has 1 aromatic heterocycles.